The van der Waals surface area contributed by atoms with E-state index >= 15 is 0 Å². The molecule has 1 saturated carbocycles. The molecule has 114 valence electrons. The molecule has 0 spiro atoms. The van der Waals surface area contributed by atoms with E-state index in [-0.39, 0.29) is 17.3 Å². The van der Waals surface area contributed by atoms with Gasteiger partial charge in [0.25, 0.3) is 5.91 Å². The average Bonchev–Trinajstić information content (AvgIpc) is 2.97. The van der Waals surface area contributed by atoms with Gasteiger partial charge in [0.05, 0.1) is 5.54 Å². The van der Waals surface area contributed by atoms with Crippen molar-refractivity contribution in [2.24, 2.45) is 0 Å². The lowest BCUT2D eigenvalue weighted by molar-refractivity contribution is 0.0896. The molecule has 2 aromatic rings. The lowest BCUT2D eigenvalue weighted by atomic mass is 9.87. The van der Waals surface area contributed by atoms with E-state index < -0.39 is 11.4 Å². The molecule has 1 N–H and O–H groups in total. The first-order chi connectivity index (χ1) is 10.6. The normalized spacial score (nSPS) is 16.5. The Labute approximate surface area is 128 Å². The average molecular weight is 301 g/mol. The van der Waals surface area contributed by atoms with Crippen LogP contribution in [0, 0.1) is 11.6 Å². The summed E-state index contributed by atoms with van der Waals surface area (Å²) < 4.78 is 27.5. The number of hydrogen-bond donors (Lipinski definition) is 1. The Hall–Kier alpha value is -2.23. The Kier molecular flexibility index (Phi) is 3.92. The third-order valence-electron chi connectivity index (χ3n) is 4.29. The summed E-state index contributed by atoms with van der Waals surface area (Å²) >= 11 is 0. The number of benzene rings is 2. The van der Waals surface area contributed by atoms with Crippen molar-refractivity contribution >= 4 is 5.91 Å². The van der Waals surface area contributed by atoms with E-state index in [9.17, 15) is 13.6 Å². The fourth-order valence-electron chi connectivity index (χ4n) is 3.21. The fraction of sp³-hybridized carbons (Fsp3) is 0.278. The SMILES string of the molecule is O=C(NC1(c2ccccc2F)CCCC1)c1cccc(F)c1. The van der Waals surface area contributed by atoms with E-state index in [1.165, 1.54) is 24.3 Å². The lowest BCUT2D eigenvalue weighted by Crippen LogP contribution is -2.44. The zero-order chi connectivity index (χ0) is 15.6. The van der Waals surface area contributed by atoms with Crippen LogP contribution >= 0.6 is 0 Å². The van der Waals surface area contributed by atoms with Gasteiger partial charge >= 0.3 is 0 Å². The van der Waals surface area contributed by atoms with Gasteiger partial charge in [-0.2, -0.15) is 0 Å². The molecule has 1 fully saturated rings. The van der Waals surface area contributed by atoms with Crippen molar-refractivity contribution in [1.82, 2.24) is 5.32 Å². The maximum atomic E-state index is 14.2. The molecule has 0 unspecified atom stereocenters. The summed E-state index contributed by atoms with van der Waals surface area (Å²) in [6.45, 7) is 0. The Morgan fingerprint density at radius 1 is 1.00 bits per heavy atom. The minimum Gasteiger partial charge on any atom is -0.342 e. The molecule has 0 atom stereocenters. The minimum absolute atomic E-state index is 0.252. The van der Waals surface area contributed by atoms with Crippen LogP contribution in [0.5, 0.6) is 0 Å². The second-order valence-electron chi connectivity index (χ2n) is 5.73. The Bertz CT molecular complexity index is 693. The van der Waals surface area contributed by atoms with Gasteiger partial charge in [-0.3, -0.25) is 4.79 Å². The fourth-order valence-corrected chi connectivity index (χ4v) is 3.21. The zero-order valence-electron chi connectivity index (χ0n) is 12.1. The molecular formula is C18H17F2NO. The summed E-state index contributed by atoms with van der Waals surface area (Å²) in [6, 6.07) is 12.1. The van der Waals surface area contributed by atoms with Crippen LogP contribution in [0.2, 0.25) is 0 Å². The lowest BCUT2D eigenvalue weighted by Gasteiger charge is -2.31. The van der Waals surface area contributed by atoms with Crippen molar-refractivity contribution in [3.63, 3.8) is 0 Å². The van der Waals surface area contributed by atoms with Crippen molar-refractivity contribution in [2.75, 3.05) is 0 Å². The third-order valence-corrected chi connectivity index (χ3v) is 4.29. The van der Waals surface area contributed by atoms with Crippen LogP contribution in [-0.2, 0) is 5.54 Å². The molecule has 2 aromatic carbocycles. The van der Waals surface area contributed by atoms with E-state index in [1.54, 1.807) is 24.3 Å². The van der Waals surface area contributed by atoms with Crippen molar-refractivity contribution in [3.05, 3.63) is 71.3 Å². The number of carbonyl (C=O) groups excluding carboxylic acids is 1. The first-order valence-corrected chi connectivity index (χ1v) is 7.44. The number of rotatable bonds is 3. The van der Waals surface area contributed by atoms with Gasteiger partial charge in [-0.05, 0) is 37.1 Å². The van der Waals surface area contributed by atoms with E-state index in [0.29, 0.717) is 18.4 Å². The Balaban J connectivity index is 1.93. The highest BCUT2D eigenvalue weighted by Crippen LogP contribution is 2.40. The smallest absolute Gasteiger partial charge is 0.252 e. The van der Waals surface area contributed by atoms with E-state index in [1.807, 2.05) is 0 Å². The molecule has 1 amide bonds. The standard InChI is InChI=1S/C18H17F2NO/c19-14-7-5-6-13(12-14)17(22)21-18(10-3-4-11-18)15-8-1-2-9-16(15)20/h1-2,5-9,12H,3-4,10-11H2,(H,21,22). The van der Waals surface area contributed by atoms with Crippen molar-refractivity contribution < 1.29 is 13.6 Å². The van der Waals surface area contributed by atoms with Crippen LogP contribution in [0.25, 0.3) is 0 Å². The van der Waals surface area contributed by atoms with E-state index in [2.05, 4.69) is 5.32 Å². The monoisotopic (exact) mass is 301 g/mol. The highest BCUT2D eigenvalue weighted by atomic mass is 19.1. The molecule has 4 heteroatoms. The summed E-state index contributed by atoms with van der Waals surface area (Å²) in [5.41, 5.74) is 0.0641. The highest BCUT2D eigenvalue weighted by Gasteiger charge is 2.39. The van der Waals surface area contributed by atoms with Crippen LogP contribution in [0.15, 0.2) is 48.5 Å². The second-order valence-corrected chi connectivity index (χ2v) is 5.73. The van der Waals surface area contributed by atoms with Gasteiger partial charge < -0.3 is 5.32 Å². The molecule has 3 rings (SSSR count). The zero-order valence-corrected chi connectivity index (χ0v) is 12.1. The minimum atomic E-state index is -0.700. The Morgan fingerprint density at radius 3 is 2.41 bits per heavy atom. The molecule has 0 heterocycles. The highest BCUT2D eigenvalue weighted by molar-refractivity contribution is 5.94. The molecule has 22 heavy (non-hydrogen) atoms. The Morgan fingerprint density at radius 2 is 1.73 bits per heavy atom. The largest absolute Gasteiger partial charge is 0.342 e. The predicted octanol–water partition coefficient (Wildman–Crippen LogP) is 4.16. The predicted molar refractivity (Wildman–Crippen MR) is 80.4 cm³/mol. The number of amides is 1. The second kappa shape index (κ2) is 5.87. The molecule has 0 radical (unpaired) electrons. The van der Waals surface area contributed by atoms with Gasteiger partial charge in [-0.15, -0.1) is 0 Å². The van der Waals surface area contributed by atoms with E-state index in [0.717, 1.165) is 12.8 Å². The summed E-state index contributed by atoms with van der Waals surface area (Å²) in [5.74, 6) is -1.15. The topological polar surface area (TPSA) is 29.1 Å². The molecule has 1 aliphatic rings. The maximum Gasteiger partial charge on any atom is 0.252 e. The van der Waals surface area contributed by atoms with Crippen LogP contribution < -0.4 is 5.32 Å². The van der Waals surface area contributed by atoms with Crippen LogP contribution in [0.3, 0.4) is 0 Å². The van der Waals surface area contributed by atoms with Crippen LogP contribution in [-0.4, -0.2) is 5.91 Å². The van der Waals surface area contributed by atoms with Gasteiger partial charge in [-0.25, -0.2) is 8.78 Å². The van der Waals surface area contributed by atoms with Crippen molar-refractivity contribution in [2.45, 2.75) is 31.2 Å². The van der Waals surface area contributed by atoms with Gasteiger partial charge in [-0.1, -0.05) is 37.1 Å². The molecule has 0 aromatic heterocycles. The first-order valence-electron chi connectivity index (χ1n) is 7.44. The van der Waals surface area contributed by atoms with E-state index in [4.69, 9.17) is 0 Å². The van der Waals surface area contributed by atoms with Crippen molar-refractivity contribution in [3.8, 4) is 0 Å². The molecule has 0 bridgehead atoms. The number of halogens is 2. The maximum absolute atomic E-state index is 14.2. The van der Waals surface area contributed by atoms with Crippen molar-refractivity contribution in [1.29, 1.82) is 0 Å². The molecule has 0 saturated heterocycles. The van der Waals surface area contributed by atoms with Crippen LogP contribution in [0.4, 0.5) is 8.78 Å². The van der Waals surface area contributed by atoms with Gasteiger partial charge in [0.15, 0.2) is 0 Å². The molecule has 0 aliphatic heterocycles. The first kappa shape index (κ1) is 14.7. The summed E-state index contributed by atoms with van der Waals surface area (Å²) in [5, 5.41) is 2.95. The number of hydrogen-bond acceptors (Lipinski definition) is 1. The third kappa shape index (κ3) is 2.73. The van der Waals surface area contributed by atoms with Gasteiger partial charge in [0.2, 0.25) is 0 Å². The molecule has 1 aliphatic carbocycles. The summed E-state index contributed by atoms with van der Waals surface area (Å²) in [6.07, 6.45) is 3.24. The quantitative estimate of drug-likeness (QED) is 0.906. The molecular weight excluding hydrogens is 284 g/mol. The number of nitrogens with one attached hydrogen (secondary N) is 1. The summed E-state index contributed by atoms with van der Waals surface area (Å²) in [4.78, 5) is 12.4. The van der Waals surface area contributed by atoms with Crippen LogP contribution in [0.1, 0.15) is 41.6 Å². The van der Waals surface area contributed by atoms with Gasteiger partial charge in [0, 0.05) is 11.1 Å². The number of carbonyl (C=O) groups is 1. The van der Waals surface area contributed by atoms with Gasteiger partial charge in [0.1, 0.15) is 11.6 Å². The summed E-state index contributed by atoms with van der Waals surface area (Å²) in [7, 11) is 0. The molecule has 2 nitrogen and oxygen atoms in total.